The number of ether oxygens (including phenoxy) is 1. The second-order valence-electron chi connectivity index (χ2n) is 5.70. The fraction of sp³-hybridized carbons (Fsp3) is 0.316. The smallest absolute Gasteiger partial charge is 0.469 e. The van der Waals surface area contributed by atoms with E-state index in [1.54, 1.807) is 0 Å². The Morgan fingerprint density at radius 3 is 2.27 bits per heavy atom. The monoisotopic (exact) mass is 339 g/mol. The molecule has 1 fully saturated rings. The summed E-state index contributed by atoms with van der Waals surface area (Å²) in [6.45, 7) is 0. The Labute approximate surface area is 142 Å². The molecule has 2 bridgehead atoms. The first-order valence-electron chi connectivity index (χ1n) is 7.45. The summed E-state index contributed by atoms with van der Waals surface area (Å²) in [6, 6.07) is 18.3. The van der Waals surface area contributed by atoms with E-state index in [9.17, 15) is 4.79 Å². The van der Waals surface area contributed by atoms with Crippen molar-refractivity contribution < 1.29 is 26.3 Å². The van der Waals surface area contributed by atoms with Gasteiger partial charge in [-0.15, -0.1) is 0 Å². The Bertz CT molecular complexity index is 566. The minimum atomic E-state index is -0.0527. The molecule has 0 aromatic heterocycles. The van der Waals surface area contributed by atoms with E-state index < -0.39 is 0 Å². The van der Waals surface area contributed by atoms with Crippen LogP contribution in [0.2, 0.25) is 0 Å². The Morgan fingerprint density at radius 1 is 1.09 bits per heavy atom. The number of esters is 1. The third kappa shape index (κ3) is 3.26. The summed E-state index contributed by atoms with van der Waals surface area (Å²) in [4.78, 5) is 11.9. The van der Waals surface area contributed by atoms with Gasteiger partial charge < -0.3 is 4.74 Å². The maximum absolute atomic E-state index is 11.9. The van der Waals surface area contributed by atoms with E-state index >= 15 is 0 Å². The molecule has 4 atom stereocenters. The third-order valence-corrected chi connectivity index (χ3v) is 4.56. The molecule has 3 heteroatoms. The first-order chi connectivity index (χ1) is 10.3. The quantitative estimate of drug-likeness (QED) is 0.471. The molecular formula is C19H20CoO2. The maximum Gasteiger partial charge on any atom is 2.00 e. The Morgan fingerprint density at radius 2 is 1.73 bits per heavy atom. The average Bonchev–Trinajstić information content (AvgIpc) is 3.32. The van der Waals surface area contributed by atoms with Gasteiger partial charge >= 0.3 is 22.7 Å². The number of hydrogen-bond acceptors (Lipinski definition) is 2. The van der Waals surface area contributed by atoms with Crippen LogP contribution in [0.5, 0.6) is 0 Å². The summed E-state index contributed by atoms with van der Waals surface area (Å²) < 4.78 is 4.94. The van der Waals surface area contributed by atoms with Gasteiger partial charge in [0, 0.05) is 0 Å². The molecule has 4 unspecified atom stereocenters. The third-order valence-electron chi connectivity index (χ3n) is 4.56. The summed E-state index contributed by atoms with van der Waals surface area (Å²) in [7, 11) is 1.49. The SMILES string of the molecule is COC(=O)C1C2C=CC(C2)C1[c-]1cccc1.[Co+2].c1cc[cH-]c1. The van der Waals surface area contributed by atoms with Gasteiger partial charge in [-0.1, -0.05) is 12.2 Å². The van der Waals surface area contributed by atoms with E-state index in [1.807, 2.05) is 42.5 Å². The summed E-state index contributed by atoms with van der Waals surface area (Å²) in [5.41, 5.74) is 1.28. The maximum atomic E-state index is 11.9. The van der Waals surface area contributed by atoms with Crippen molar-refractivity contribution in [2.75, 3.05) is 7.11 Å². The second kappa shape index (κ2) is 7.61. The van der Waals surface area contributed by atoms with E-state index in [0.29, 0.717) is 17.8 Å². The van der Waals surface area contributed by atoms with Crippen molar-refractivity contribution in [3.8, 4) is 0 Å². The standard InChI is InChI=1S/C14H15O2.C5H5.Co/c1-16-14(15)13-11-7-6-10(8-11)12(13)9-4-2-3-5-9;1-2-4-5-3-1;/h2-7,10-13H,8H2,1H3;1-5H;/q2*-1;+2. The van der Waals surface area contributed by atoms with Crippen LogP contribution in [0.25, 0.3) is 0 Å². The Hall–Kier alpha value is -1.58. The zero-order valence-corrected chi connectivity index (χ0v) is 13.6. The van der Waals surface area contributed by atoms with Gasteiger partial charge in [-0.05, 0) is 24.2 Å². The van der Waals surface area contributed by atoms with E-state index in [1.165, 1.54) is 12.7 Å². The first-order valence-corrected chi connectivity index (χ1v) is 7.45. The summed E-state index contributed by atoms with van der Waals surface area (Å²) in [5, 5.41) is 0. The average molecular weight is 339 g/mol. The number of hydrogen-bond donors (Lipinski definition) is 0. The van der Waals surface area contributed by atoms with Crippen LogP contribution in [0, 0.1) is 17.8 Å². The van der Waals surface area contributed by atoms with Crippen molar-refractivity contribution >= 4 is 5.97 Å². The predicted octanol–water partition coefficient (Wildman–Crippen LogP) is 3.89. The molecule has 0 aliphatic heterocycles. The Balaban J connectivity index is 0.000000253. The van der Waals surface area contributed by atoms with Gasteiger partial charge in [-0.2, -0.15) is 35.9 Å². The fourth-order valence-corrected chi connectivity index (χ4v) is 3.67. The number of carbonyl (C=O) groups excluding carboxylic acids is 1. The fourth-order valence-electron chi connectivity index (χ4n) is 3.67. The number of methoxy groups -OCH3 is 1. The van der Waals surface area contributed by atoms with Gasteiger partial charge in [0.1, 0.15) is 0 Å². The second-order valence-corrected chi connectivity index (χ2v) is 5.70. The molecule has 2 aromatic rings. The molecule has 1 saturated carbocycles. The van der Waals surface area contributed by atoms with Crippen molar-refractivity contribution in [1.82, 2.24) is 0 Å². The predicted molar refractivity (Wildman–Crippen MR) is 83.1 cm³/mol. The zero-order valence-electron chi connectivity index (χ0n) is 12.5. The van der Waals surface area contributed by atoms with Crippen LogP contribution in [0.15, 0.2) is 66.7 Å². The van der Waals surface area contributed by atoms with Gasteiger partial charge in [0.25, 0.3) is 0 Å². The van der Waals surface area contributed by atoms with Crippen LogP contribution >= 0.6 is 0 Å². The van der Waals surface area contributed by atoms with Gasteiger partial charge in [0.2, 0.25) is 0 Å². The van der Waals surface area contributed by atoms with E-state index in [0.717, 1.165) is 6.42 Å². The molecule has 0 saturated heterocycles. The molecule has 117 valence electrons. The van der Waals surface area contributed by atoms with Crippen LogP contribution < -0.4 is 0 Å². The summed E-state index contributed by atoms with van der Waals surface area (Å²) in [5.74, 6) is 1.22. The molecule has 0 spiro atoms. The van der Waals surface area contributed by atoms with E-state index in [2.05, 4.69) is 24.3 Å². The van der Waals surface area contributed by atoms with Crippen molar-refractivity contribution in [2.45, 2.75) is 12.3 Å². The zero-order chi connectivity index (χ0) is 14.7. The largest absolute Gasteiger partial charge is 2.00 e. The molecule has 2 aliphatic rings. The minimum absolute atomic E-state index is 0. The molecular weight excluding hydrogens is 319 g/mol. The molecule has 2 aliphatic carbocycles. The van der Waals surface area contributed by atoms with Crippen LogP contribution in [0.3, 0.4) is 0 Å². The summed E-state index contributed by atoms with van der Waals surface area (Å²) >= 11 is 0. The van der Waals surface area contributed by atoms with Crippen LogP contribution in [0.1, 0.15) is 17.9 Å². The van der Waals surface area contributed by atoms with Crippen molar-refractivity contribution in [3.05, 3.63) is 72.3 Å². The molecule has 22 heavy (non-hydrogen) atoms. The van der Waals surface area contributed by atoms with Crippen LogP contribution in [-0.2, 0) is 26.3 Å². The molecule has 2 aromatic carbocycles. The van der Waals surface area contributed by atoms with Gasteiger partial charge in [0.05, 0.1) is 13.0 Å². The Kier molecular flexibility index (Phi) is 5.81. The molecule has 0 amide bonds. The molecule has 2 nitrogen and oxygen atoms in total. The van der Waals surface area contributed by atoms with Gasteiger partial charge in [0.15, 0.2) is 0 Å². The number of carbonyl (C=O) groups is 1. The number of allylic oxidation sites excluding steroid dienone is 2. The van der Waals surface area contributed by atoms with Crippen molar-refractivity contribution in [3.63, 3.8) is 0 Å². The molecule has 0 N–H and O–H groups in total. The first kappa shape index (κ1) is 16.8. The van der Waals surface area contributed by atoms with E-state index in [-0.39, 0.29) is 28.7 Å². The number of fused-ring (bicyclic) bond motifs is 2. The molecule has 1 radical (unpaired) electrons. The van der Waals surface area contributed by atoms with Gasteiger partial charge in [-0.25, -0.2) is 24.3 Å². The normalized spacial score (nSPS) is 27.7. The van der Waals surface area contributed by atoms with Crippen LogP contribution in [0.4, 0.5) is 0 Å². The van der Waals surface area contributed by atoms with Gasteiger partial charge in [-0.3, -0.25) is 4.79 Å². The molecule has 0 heterocycles. The van der Waals surface area contributed by atoms with Crippen molar-refractivity contribution in [1.29, 1.82) is 0 Å². The molecule has 4 rings (SSSR count). The topological polar surface area (TPSA) is 26.3 Å². The van der Waals surface area contributed by atoms with Crippen molar-refractivity contribution in [2.24, 2.45) is 17.8 Å². The van der Waals surface area contributed by atoms with E-state index in [4.69, 9.17) is 4.74 Å². The summed E-state index contributed by atoms with van der Waals surface area (Å²) in [6.07, 6.45) is 5.56. The number of rotatable bonds is 2. The minimum Gasteiger partial charge on any atom is -0.469 e. The van der Waals surface area contributed by atoms with Crippen LogP contribution in [-0.4, -0.2) is 13.1 Å².